The van der Waals surface area contributed by atoms with Crippen molar-refractivity contribution >= 4 is 32.3 Å². The minimum absolute atomic E-state index is 0.0343. The zero-order valence-corrected chi connectivity index (χ0v) is 22.2. The van der Waals surface area contributed by atoms with E-state index in [2.05, 4.69) is 19.3 Å². The molecule has 1 saturated carbocycles. The van der Waals surface area contributed by atoms with Gasteiger partial charge < -0.3 is 15.0 Å². The molecule has 3 N–H and O–H groups in total. The molecule has 0 aliphatic heterocycles. The van der Waals surface area contributed by atoms with Crippen LogP contribution in [0.2, 0.25) is 0 Å². The molecule has 1 aliphatic rings. The van der Waals surface area contributed by atoms with Crippen LogP contribution < -0.4 is 15.2 Å². The number of benzene rings is 2. The molecule has 0 saturated heterocycles. The average molecular weight is 560 g/mol. The lowest BCUT2D eigenvalue weighted by atomic mass is 9.92. The predicted octanol–water partition coefficient (Wildman–Crippen LogP) is 6.68. The summed E-state index contributed by atoms with van der Waals surface area (Å²) in [6.45, 7) is 3.70. The molecular formula is C27H28F3N5O3S. The number of nitrogens with one attached hydrogen (secondary N) is 1. The number of nitrogens with zero attached hydrogens (tertiary/aromatic N) is 3. The molecule has 12 heteroatoms. The number of alkyl halides is 3. The fourth-order valence-electron chi connectivity index (χ4n) is 4.82. The van der Waals surface area contributed by atoms with Gasteiger partial charge in [0.05, 0.1) is 22.7 Å². The Morgan fingerprint density at radius 3 is 2.56 bits per heavy atom. The summed E-state index contributed by atoms with van der Waals surface area (Å²) in [6.07, 6.45) is -0.134. The zero-order chi connectivity index (χ0) is 27.9. The third-order valence-corrected chi connectivity index (χ3v) is 8.31. The molecule has 4 aromatic rings. The summed E-state index contributed by atoms with van der Waals surface area (Å²) in [6, 6.07) is 11.0. The van der Waals surface area contributed by atoms with E-state index in [1.165, 1.54) is 0 Å². The molecule has 1 fully saturated rings. The Kier molecular flexibility index (Phi) is 6.91. The molecule has 8 nitrogen and oxygen atoms in total. The van der Waals surface area contributed by atoms with Gasteiger partial charge in [-0.3, -0.25) is 4.72 Å². The maximum Gasteiger partial charge on any atom is 0.433 e. The van der Waals surface area contributed by atoms with Crippen molar-refractivity contribution < 1.29 is 26.3 Å². The average Bonchev–Trinajstić information content (AvgIpc) is 3.09. The van der Waals surface area contributed by atoms with Crippen molar-refractivity contribution in [2.45, 2.75) is 51.7 Å². The van der Waals surface area contributed by atoms with Gasteiger partial charge >= 0.3 is 12.2 Å². The van der Waals surface area contributed by atoms with Gasteiger partial charge in [-0.05, 0) is 68.5 Å². The molecule has 0 atom stereocenters. The van der Waals surface area contributed by atoms with Gasteiger partial charge in [0.15, 0.2) is 5.69 Å². The second-order valence-corrected chi connectivity index (χ2v) is 11.5. The maximum atomic E-state index is 13.1. The van der Waals surface area contributed by atoms with Crippen molar-refractivity contribution in [3.63, 3.8) is 0 Å². The molecule has 2 aromatic heterocycles. The van der Waals surface area contributed by atoms with Gasteiger partial charge in [0, 0.05) is 34.9 Å². The maximum absolute atomic E-state index is 13.1. The zero-order valence-electron chi connectivity index (χ0n) is 21.4. The monoisotopic (exact) mass is 559 g/mol. The molecule has 0 bridgehead atoms. The molecule has 0 unspecified atom stereocenters. The molecule has 2 heterocycles. The number of hydrogen-bond acceptors (Lipinski definition) is 6. The van der Waals surface area contributed by atoms with E-state index in [0.29, 0.717) is 17.8 Å². The number of nitrogens with two attached hydrogens (primary N) is 1. The smallest absolute Gasteiger partial charge is 0.424 e. The van der Waals surface area contributed by atoms with Gasteiger partial charge in [-0.15, -0.1) is 0 Å². The topological polar surface area (TPSA) is 112 Å². The Labute approximate surface area is 224 Å². The second kappa shape index (κ2) is 10.1. The number of anilines is 2. The molecule has 206 valence electrons. The lowest BCUT2D eigenvalue weighted by molar-refractivity contribution is -0.141. The van der Waals surface area contributed by atoms with Crippen molar-refractivity contribution in [1.29, 1.82) is 0 Å². The van der Waals surface area contributed by atoms with Crippen LogP contribution in [-0.2, 0) is 16.2 Å². The van der Waals surface area contributed by atoms with Gasteiger partial charge in [0.2, 0.25) is 10.0 Å². The SMILES string of the molecule is CCCS(=O)(=O)Nc1ccc(-c2c(N)c3ccc(Oc4nccc(C(F)(F)F)n4)cc3n2C2CCC2)c(C)c1. The summed E-state index contributed by atoms with van der Waals surface area (Å²) in [5.41, 5.74) is 9.92. The minimum Gasteiger partial charge on any atom is -0.424 e. The number of aromatic nitrogens is 3. The molecule has 2 aromatic carbocycles. The van der Waals surface area contributed by atoms with Crippen molar-refractivity contribution in [2.24, 2.45) is 0 Å². The number of halogens is 3. The first kappa shape index (κ1) is 26.8. The van der Waals surface area contributed by atoms with Crippen LogP contribution in [0.5, 0.6) is 11.8 Å². The Morgan fingerprint density at radius 2 is 1.92 bits per heavy atom. The molecule has 0 spiro atoms. The number of rotatable bonds is 8. The van der Waals surface area contributed by atoms with E-state index in [-0.39, 0.29) is 17.5 Å². The fourth-order valence-corrected chi connectivity index (χ4v) is 5.95. The van der Waals surface area contributed by atoms with Crippen LogP contribution in [0.3, 0.4) is 0 Å². The van der Waals surface area contributed by atoms with Gasteiger partial charge in [-0.2, -0.15) is 18.2 Å². The first-order chi connectivity index (χ1) is 18.5. The van der Waals surface area contributed by atoms with Crippen LogP contribution in [0.4, 0.5) is 24.5 Å². The standard InChI is InChI=1S/C27H28F3N5O3S/c1-3-13-39(36,37)34-17-7-9-20(16(2)14-17)25-24(31)21-10-8-19(15-22(21)35(25)18-5-4-6-18)38-26-32-12-11-23(33-26)27(28,29)30/h7-12,14-15,18,34H,3-6,13,31H2,1-2H3. The molecule has 1 aliphatic carbocycles. The summed E-state index contributed by atoms with van der Waals surface area (Å²) in [5, 5.41) is 0.779. The van der Waals surface area contributed by atoms with E-state index in [0.717, 1.165) is 59.2 Å². The summed E-state index contributed by atoms with van der Waals surface area (Å²) >= 11 is 0. The highest BCUT2D eigenvalue weighted by molar-refractivity contribution is 7.92. The first-order valence-electron chi connectivity index (χ1n) is 12.6. The van der Waals surface area contributed by atoms with E-state index in [4.69, 9.17) is 10.5 Å². The van der Waals surface area contributed by atoms with Crippen molar-refractivity contribution in [2.75, 3.05) is 16.2 Å². The number of hydrogen-bond donors (Lipinski definition) is 2. The van der Waals surface area contributed by atoms with E-state index in [1.54, 1.807) is 37.3 Å². The van der Waals surface area contributed by atoms with E-state index < -0.39 is 27.9 Å². The number of sulfonamides is 1. The molecule has 0 amide bonds. The number of aryl methyl sites for hydroxylation is 1. The molecule has 39 heavy (non-hydrogen) atoms. The third kappa shape index (κ3) is 5.38. The Bertz CT molecular complexity index is 1650. The van der Waals surface area contributed by atoms with Gasteiger partial charge in [-0.25, -0.2) is 13.4 Å². The fraction of sp³-hybridized carbons (Fsp3) is 0.333. The Hall–Kier alpha value is -3.80. The molecule has 0 radical (unpaired) electrons. The van der Waals surface area contributed by atoms with Crippen LogP contribution >= 0.6 is 0 Å². The quantitative estimate of drug-likeness (QED) is 0.249. The number of nitrogen functional groups attached to an aromatic ring is 1. The minimum atomic E-state index is -4.61. The highest BCUT2D eigenvalue weighted by Gasteiger charge is 2.33. The van der Waals surface area contributed by atoms with E-state index in [1.807, 2.05) is 13.0 Å². The van der Waals surface area contributed by atoms with Gasteiger partial charge in [-0.1, -0.05) is 13.0 Å². The summed E-state index contributed by atoms with van der Waals surface area (Å²) in [5.74, 6) is 0.316. The highest BCUT2D eigenvalue weighted by Crippen LogP contribution is 2.46. The summed E-state index contributed by atoms with van der Waals surface area (Å²) < 4.78 is 74.1. The van der Waals surface area contributed by atoms with Crippen LogP contribution in [0.25, 0.3) is 22.2 Å². The van der Waals surface area contributed by atoms with Crippen molar-refractivity contribution in [3.8, 4) is 23.0 Å². The lowest BCUT2D eigenvalue weighted by Gasteiger charge is -2.30. The van der Waals surface area contributed by atoms with Gasteiger partial charge in [0.25, 0.3) is 0 Å². The van der Waals surface area contributed by atoms with E-state index in [9.17, 15) is 21.6 Å². The largest absolute Gasteiger partial charge is 0.433 e. The van der Waals surface area contributed by atoms with E-state index >= 15 is 0 Å². The highest BCUT2D eigenvalue weighted by atomic mass is 32.2. The van der Waals surface area contributed by atoms with Crippen LogP contribution in [0.1, 0.15) is 49.9 Å². The molecular weight excluding hydrogens is 531 g/mol. The third-order valence-electron chi connectivity index (χ3n) is 6.82. The van der Waals surface area contributed by atoms with Crippen LogP contribution in [0.15, 0.2) is 48.7 Å². The van der Waals surface area contributed by atoms with Crippen molar-refractivity contribution in [1.82, 2.24) is 14.5 Å². The van der Waals surface area contributed by atoms with Crippen molar-refractivity contribution in [3.05, 3.63) is 59.9 Å². The number of ether oxygens (including phenoxy) is 1. The first-order valence-corrected chi connectivity index (χ1v) is 14.2. The Balaban J connectivity index is 1.56. The number of fused-ring (bicyclic) bond motifs is 1. The van der Waals surface area contributed by atoms with Crippen LogP contribution in [-0.4, -0.2) is 28.7 Å². The Morgan fingerprint density at radius 1 is 1.15 bits per heavy atom. The predicted molar refractivity (Wildman–Crippen MR) is 144 cm³/mol. The normalized spacial score (nSPS) is 14.4. The van der Waals surface area contributed by atoms with Gasteiger partial charge in [0.1, 0.15) is 5.75 Å². The summed E-state index contributed by atoms with van der Waals surface area (Å²) in [4.78, 5) is 7.32. The second-order valence-electron chi connectivity index (χ2n) is 9.67. The lowest BCUT2D eigenvalue weighted by Crippen LogP contribution is -2.18. The van der Waals surface area contributed by atoms with Crippen LogP contribution in [0, 0.1) is 6.92 Å². The summed E-state index contributed by atoms with van der Waals surface area (Å²) in [7, 11) is -3.43. The molecule has 5 rings (SSSR count).